The third-order valence-corrected chi connectivity index (χ3v) is 3.70. The molecule has 0 spiro atoms. The van der Waals surface area contributed by atoms with Crippen molar-refractivity contribution < 1.29 is 9.84 Å². The van der Waals surface area contributed by atoms with Crippen molar-refractivity contribution >= 4 is 0 Å². The molecule has 0 aliphatic carbocycles. The topological polar surface area (TPSA) is 42.4 Å². The van der Waals surface area contributed by atoms with Gasteiger partial charge in [0.15, 0.2) is 0 Å². The molecule has 1 atom stereocenters. The number of pyridine rings is 1. The maximum Gasteiger partial charge on any atom is 0.137 e. The molecule has 0 bridgehead atoms. The Bertz CT molecular complexity index is 623. The molecule has 3 heteroatoms. The van der Waals surface area contributed by atoms with E-state index in [0.717, 1.165) is 23.1 Å². The Hall–Kier alpha value is -1.87. The second-order valence-electron chi connectivity index (χ2n) is 5.50. The van der Waals surface area contributed by atoms with Crippen LogP contribution in [0.4, 0.5) is 0 Å². The van der Waals surface area contributed by atoms with Gasteiger partial charge in [0.25, 0.3) is 0 Å². The highest BCUT2D eigenvalue weighted by molar-refractivity contribution is 5.41. The maximum absolute atomic E-state index is 10.6. The fraction of sp³-hybridized carbons (Fsp3) is 0.389. The van der Waals surface area contributed by atoms with Crippen molar-refractivity contribution in [1.82, 2.24) is 4.98 Å². The van der Waals surface area contributed by atoms with Crippen LogP contribution in [0.3, 0.4) is 0 Å². The molecule has 21 heavy (non-hydrogen) atoms. The summed E-state index contributed by atoms with van der Waals surface area (Å²) in [6.45, 7) is 8.88. The summed E-state index contributed by atoms with van der Waals surface area (Å²) in [6, 6.07) is 6.02. The summed E-state index contributed by atoms with van der Waals surface area (Å²) in [5.74, 6) is 0.704. The smallest absolute Gasteiger partial charge is 0.137 e. The molecular weight excluding hydrogens is 262 g/mol. The lowest BCUT2D eigenvalue weighted by Crippen LogP contribution is -2.05. The molecule has 1 aromatic heterocycles. The Morgan fingerprint density at radius 3 is 2.48 bits per heavy atom. The van der Waals surface area contributed by atoms with E-state index in [1.54, 1.807) is 12.4 Å². The third-order valence-electron chi connectivity index (χ3n) is 3.70. The highest BCUT2D eigenvalue weighted by Crippen LogP contribution is 2.28. The SMILES string of the molecule is CCCOc1cncc(C(O)c2cc(C)c(C)cc2C)c1. The molecule has 112 valence electrons. The first-order valence-electron chi connectivity index (χ1n) is 7.36. The quantitative estimate of drug-likeness (QED) is 0.906. The normalized spacial score (nSPS) is 12.2. The molecule has 2 rings (SSSR count). The Kier molecular flexibility index (Phi) is 4.97. The van der Waals surface area contributed by atoms with Crippen LogP contribution < -0.4 is 4.74 Å². The molecule has 0 amide bonds. The zero-order valence-electron chi connectivity index (χ0n) is 13.2. The lowest BCUT2D eigenvalue weighted by Gasteiger charge is -2.17. The second kappa shape index (κ2) is 6.72. The van der Waals surface area contributed by atoms with E-state index in [1.807, 2.05) is 13.0 Å². The third kappa shape index (κ3) is 3.61. The van der Waals surface area contributed by atoms with Crippen molar-refractivity contribution in [1.29, 1.82) is 0 Å². The minimum absolute atomic E-state index is 0.657. The minimum Gasteiger partial charge on any atom is -0.492 e. The van der Waals surface area contributed by atoms with Gasteiger partial charge in [0.05, 0.1) is 12.8 Å². The molecule has 1 N–H and O–H groups in total. The van der Waals surface area contributed by atoms with Crippen molar-refractivity contribution in [3.05, 3.63) is 58.4 Å². The van der Waals surface area contributed by atoms with E-state index >= 15 is 0 Å². The Labute approximate surface area is 126 Å². The van der Waals surface area contributed by atoms with Gasteiger partial charge in [-0.05, 0) is 55.5 Å². The van der Waals surface area contributed by atoms with Crippen LogP contribution >= 0.6 is 0 Å². The average Bonchev–Trinajstić information content (AvgIpc) is 2.48. The predicted molar refractivity (Wildman–Crippen MR) is 84.7 cm³/mol. The van der Waals surface area contributed by atoms with Gasteiger partial charge >= 0.3 is 0 Å². The first kappa shape index (κ1) is 15.5. The number of hydrogen-bond donors (Lipinski definition) is 1. The summed E-state index contributed by atoms with van der Waals surface area (Å²) >= 11 is 0. The fourth-order valence-electron chi connectivity index (χ4n) is 2.34. The summed E-state index contributed by atoms with van der Waals surface area (Å²) in [5.41, 5.74) is 5.19. The predicted octanol–water partition coefficient (Wildman–Crippen LogP) is 3.88. The van der Waals surface area contributed by atoms with Crippen LogP contribution in [0.5, 0.6) is 5.75 Å². The molecule has 3 nitrogen and oxygen atoms in total. The van der Waals surface area contributed by atoms with Gasteiger partial charge < -0.3 is 9.84 Å². The van der Waals surface area contributed by atoms with Crippen molar-refractivity contribution in [2.45, 2.75) is 40.2 Å². The summed E-state index contributed by atoms with van der Waals surface area (Å²) in [5, 5.41) is 10.6. The second-order valence-corrected chi connectivity index (χ2v) is 5.50. The van der Waals surface area contributed by atoms with E-state index < -0.39 is 6.10 Å². The number of aryl methyl sites for hydroxylation is 3. The molecule has 1 heterocycles. The molecule has 0 fully saturated rings. The number of rotatable bonds is 5. The number of nitrogens with zero attached hydrogens (tertiary/aromatic N) is 1. The van der Waals surface area contributed by atoms with Gasteiger partial charge in [-0.3, -0.25) is 4.98 Å². The Morgan fingerprint density at radius 1 is 1.05 bits per heavy atom. The van der Waals surface area contributed by atoms with Crippen LogP contribution in [0.1, 0.15) is 47.3 Å². The van der Waals surface area contributed by atoms with E-state index in [4.69, 9.17) is 4.74 Å². The van der Waals surface area contributed by atoms with Crippen LogP contribution in [0, 0.1) is 20.8 Å². The molecule has 1 unspecified atom stereocenters. The van der Waals surface area contributed by atoms with Crippen molar-refractivity contribution in [3.63, 3.8) is 0 Å². The number of aliphatic hydroxyl groups is 1. The van der Waals surface area contributed by atoms with Gasteiger partial charge in [-0.25, -0.2) is 0 Å². The van der Waals surface area contributed by atoms with Gasteiger partial charge in [-0.2, -0.15) is 0 Å². The zero-order chi connectivity index (χ0) is 15.4. The Morgan fingerprint density at radius 2 is 1.76 bits per heavy atom. The van der Waals surface area contributed by atoms with Crippen molar-refractivity contribution in [2.24, 2.45) is 0 Å². The molecule has 1 aromatic carbocycles. The number of benzene rings is 1. The lowest BCUT2D eigenvalue weighted by molar-refractivity contribution is 0.218. The van der Waals surface area contributed by atoms with Crippen molar-refractivity contribution in [2.75, 3.05) is 6.61 Å². The Balaban J connectivity index is 2.31. The summed E-state index contributed by atoms with van der Waals surface area (Å²) < 4.78 is 5.58. The molecule has 0 aliphatic rings. The first-order chi connectivity index (χ1) is 10.0. The van der Waals surface area contributed by atoms with E-state index in [1.165, 1.54) is 11.1 Å². The first-order valence-corrected chi connectivity index (χ1v) is 7.36. The van der Waals surface area contributed by atoms with Gasteiger partial charge in [0.1, 0.15) is 11.9 Å². The zero-order valence-corrected chi connectivity index (χ0v) is 13.2. The van der Waals surface area contributed by atoms with Gasteiger partial charge in [-0.15, -0.1) is 0 Å². The van der Waals surface area contributed by atoms with Crippen LogP contribution in [0.15, 0.2) is 30.6 Å². The highest BCUT2D eigenvalue weighted by Gasteiger charge is 2.15. The number of hydrogen-bond acceptors (Lipinski definition) is 3. The fourth-order valence-corrected chi connectivity index (χ4v) is 2.34. The largest absolute Gasteiger partial charge is 0.492 e. The van der Waals surface area contributed by atoms with Gasteiger partial charge in [-0.1, -0.05) is 19.1 Å². The van der Waals surface area contributed by atoms with E-state index in [-0.39, 0.29) is 0 Å². The van der Waals surface area contributed by atoms with Crippen LogP contribution in [0.25, 0.3) is 0 Å². The van der Waals surface area contributed by atoms with Crippen molar-refractivity contribution in [3.8, 4) is 5.75 Å². The molecule has 0 saturated heterocycles. The summed E-state index contributed by atoms with van der Waals surface area (Å²) in [6.07, 6.45) is 3.64. The van der Waals surface area contributed by atoms with Gasteiger partial charge in [0.2, 0.25) is 0 Å². The summed E-state index contributed by atoms with van der Waals surface area (Å²) in [4.78, 5) is 4.17. The van der Waals surface area contributed by atoms with E-state index in [0.29, 0.717) is 12.4 Å². The number of aliphatic hydroxyl groups excluding tert-OH is 1. The molecule has 2 aromatic rings. The molecule has 0 radical (unpaired) electrons. The highest BCUT2D eigenvalue weighted by atomic mass is 16.5. The van der Waals surface area contributed by atoms with Crippen LogP contribution in [-0.2, 0) is 0 Å². The summed E-state index contributed by atoms with van der Waals surface area (Å²) in [7, 11) is 0. The van der Waals surface area contributed by atoms with Crippen LogP contribution in [0.2, 0.25) is 0 Å². The minimum atomic E-state index is -0.679. The molecule has 0 saturated carbocycles. The lowest BCUT2D eigenvalue weighted by atomic mass is 9.94. The molecule has 0 aliphatic heterocycles. The standard InChI is InChI=1S/C18H23NO2/c1-5-6-21-16-9-15(10-19-11-16)18(20)17-8-13(3)12(2)7-14(17)4/h7-11,18,20H,5-6H2,1-4H3. The molecular formula is C18H23NO2. The van der Waals surface area contributed by atoms with E-state index in [2.05, 4.69) is 37.9 Å². The maximum atomic E-state index is 10.6. The monoisotopic (exact) mass is 285 g/mol. The van der Waals surface area contributed by atoms with Gasteiger partial charge in [0, 0.05) is 11.8 Å². The van der Waals surface area contributed by atoms with Crippen LogP contribution in [-0.4, -0.2) is 16.7 Å². The number of ether oxygens (including phenoxy) is 1. The average molecular weight is 285 g/mol. The number of aromatic nitrogens is 1. The van der Waals surface area contributed by atoms with E-state index in [9.17, 15) is 5.11 Å².